The highest BCUT2D eigenvalue weighted by atomic mass is 28.2. The van der Waals surface area contributed by atoms with Crippen molar-refractivity contribution in [2.24, 2.45) is 0 Å². The second kappa shape index (κ2) is 2.67. The first-order chi connectivity index (χ1) is 2.77. The van der Waals surface area contributed by atoms with Crippen molar-refractivity contribution in [2.45, 2.75) is 0 Å². The van der Waals surface area contributed by atoms with Crippen LogP contribution in [0.1, 0.15) is 0 Å². The molecule has 6 heavy (non-hydrogen) atoms. The fourth-order valence-electron chi connectivity index (χ4n) is 0.0873. The van der Waals surface area contributed by atoms with Crippen molar-refractivity contribution in [1.29, 1.82) is 0 Å². The first-order valence-corrected chi connectivity index (χ1v) is 2.34. The molecule has 0 radical (unpaired) electrons. The van der Waals surface area contributed by atoms with E-state index in [0.717, 1.165) is 0 Å². The summed E-state index contributed by atoms with van der Waals surface area (Å²) in [6, 6.07) is 0. The molecule has 0 aliphatic rings. The molecule has 0 aromatic carbocycles. The molecule has 0 amide bonds. The number of carboxylic acid groups (broad SMARTS) is 1. The Labute approximate surface area is 37.6 Å². The molecule has 0 saturated carbocycles. The number of hydrogen-bond donors (Lipinski definition) is 2. The molecule has 0 bridgehead atoms. The molecular weight excluding hydrogens is 102 g/mol. The summed E-state index contributed by atoms with van der Waals surface area (Å²) in [7, 11) is 0.534. The van der Waals surface area contributed by atoms with Gasteiger partial charge in [-0.3, -0.25) is 0 Å². The number of hydrogen-bond acceptors (Lipinski definition) is 3. The van der Waals surface area contributed by atoms with Crippen LogP contribution in [0.4, 0.5) is 4.79 Å². The van der Waals surface area contributed by atoms with Crippen molar-refractivity contribution in [3.05, 3.63) is 0 Å². The molecule has 0 fully saturated rings. The Morgan fingerprint density at radius 3 is 2.50 bits per heavy atom. The third-order valence-electron chi connectivity index (χ3n) is 0.189. The molecule has 0 aromatic heterocycles. The van der Waals surface area contributed by atoms with Crippen molar-refractivity contribution >= 4 is 16.6 Å². The summed E-state index contributed by atoms with van der Waals surface area (Å²) < 4.78 is 0. The second-order valence-electron chi connectivity index (χ2n) is 0.572. The van der Waals surface area contributed by atoms with E-state index in [1.807, 2.05) is 0 Å². The minimum atomic E-state index is -1.29. The van der Waals surface area contributed by atoms with Crippen LogP contribution in [0.25, 0.3) is 0 Å². The SMILES string of the molecule is O=C(O)ON[SiH3]. The highest BCUT2D eigenvalue weighted by Gasteiger charge is 1.86. The Balaban J connectivity index is 2.83. The van der Waals surface area contributed by atoms with Crippen LogP contribution in [0.2, 0.25) is 0 Å². The van der Waals surface area contributed by atoms with Crippen LogP contribution in [0.15, 0.2) is 0 Å². The third-order valence-corrected chi connectivity index (χ3v) is 0.393. The van der Waals surface area contributed by atoms with Crippen LogP contribution >= 0.6 is 0 Å². The van der Waals surface area contributed by atoms with Crippen molar-refractivity contribution < 1.29 is 14.7 Å². The maximum absolute atomic E-state index is 9.34. The molecule has 0 aliphatic carbocycles. The van der Waals surface area contributed by atoms with E-state index in [2.05, 4.69) is 9.98 Å². The molecule has 0 heterocycles. The lowest BCUT2D eigenvalue weighted by atomic mass is 11.4. The number of rotatable bonds is 1. The molecule has 2 N–H and O–H groups in total. The maximum atomic E-state index is 9.34. The van der Waals surface area contributed by atoms with Gasteiger partial charge >= 0.3 is 6.16 Å². The van der Waals surface area contributed by atoms with Crippen LogP contribution in [-0.4, -0.2) is 21.7 Å². The average Bonchev–Trinajstić information content (AvgIpc) is 1.35. The quantitative estimate of drug-likeness (QED) is 0.315. The van der Waals surface area contributed by atoms with Gasteiger partial charge in [-0.1, -0.05) is 0 Å². The van der Waals surface area contributed by atoms with E-state index in [-0.39, 0.29) is 0 Å². The molecule has 0 rings (SSSR count). The third kappa shape index (κ3) is 3.45. The van der Waals surface area contributed by atoms with E-state index in [4.69, 9.17) is 5.11 Å². The van der Waals surface area contributed by atoms with Gasteiger partial charge in [-0.05, 0) is 0 Å². The smallest absolute Gasteiger partial charge is 0.448 e. The van der Waals surface area contributed by atoms with E-state index in [1.165, 1.54) is 0 Å². The fraction of sp³-hybridized carbons (Fsp3) is 0. The molecule has 0 atom stereocenters. The Bertz CT molecular complexity index is 54.8. The van der Waals surface area contributed by atoms with Crippen LogP contribution in [-0.2, 0) is 4.84 Å². The molecule has 0 aromatic rings. The first kappa shape index (κ1) is 5.45. The first-order valence-electron chi connectivity index (χ1n) is 1.34. The van der Waals surface area contributed by atoms with Gasteiger partial charge in [0.15, 0.2) is 0 Å². The Kier molecular flexibility index (Phi) is 2.43. The monoisotopic (exact) mass is 107 g/mol. The Morgan fingerprint density at radius 2 is 2.50 bits per heavy atom. The fourth-order valence-corrected chi connectivity index (χ4v) is 0.262. The van der Waals surface area contributed by atoms with E-state index >= 15 is 0 Å². The van der Waals surface area contributed by atoms with Gasteiger partial charge in [-0.15, -0.1) is 0 Å². The standard InChI is InChI=1S/CH5NO3Si/c3-1(4)5-2-6/h2H,6H3,(H,3,4). The van der Waals surface area contributed by atoms with Crippen LogP contribution in [0.3, 0.4) is 0 Å². The molecule has 36 valence electrons. The topological polar surface area (TPSA) is 58.6 Å². The second-order valence-corrected chi connectivity index (χ2v) is 0.980. The van der Waals surface area contributed by atoms with E-state index in [0.29, 0.717) is 10.4 Å². The predicted octanol–water partition coefficient (Wildman–Crippen LogP) is -1.53. The maximum Gasteiger partial charge on any atom is 0.524 e. The lowest BCUT2D eigenvalue weighted by Crippen LogP contribution is -2.13. The number of carbonyl (C=O) groups is 1. The zero-order valence-electron chi connectivity index (χ0n) is 3.26. The van der Waals surface area contributed by atoms with Crippen LogP contribution in [0.5, 0.6) is 0 Å². The number of nitrogens with one attached hydrogen (secondary N) is 1. The minimum Gasteiger partial charge on any atom is -0.448 e. The highest BCUT2D eigenvalue weighted by Crippen LogP contribution is 1.60. The van der Waals surface area contributed by atoms with Gasteiger partial charge in [0, 0.05) is 0 Å². The van der Waals surface area contributed by atoms with Crippen molar-refractivity contribution in [3.8, 4) is 0 Å². The molecule has 0 spiro atoms. The van der Waals surface area contributed by atoms with Gasteiger partial charge in [0.25, 0.3) is 0 Å². The van der Waals surface area contributed by atoms with E-state index < -0.39 is 6.16 Å². The van der Waals surface area contributed by atoms with Gasteiger partial charge < -0.3 is 9.94 Å². The van der Waals surface area contributed by atoms with E-state index in [1.54, 1.807) is 0 Å². The molecule has 0 aliphatic heterocycles. The zero-order chi connectivity index (χ0) is 4.99. The Morgan fingerprint density at radius 1 is 2.00 bits per heavy atom. The largest absolute Gasteiger partial charge is 0.524 e. The summed E-state index contributed by atoms with van der Waals surface area (Å²) in [5.74, 6) is 0. The van der Waals surface area contributed by atoms with Gasteiger partial charge in [-0.25, -0.2) is 4.79 Å². The summed E-state index contributed by atoms with van der Waals surface area (Å²) in [5.41, 5.74) is 0. The van der Waals surface area contributed by atoms with Gasteiger partial charge in [0.05, 0.1) is 0 Å². The van der Waals surface area contributed by atoms with Crippen molar-refractivity contribution in [2.75, 3.05) is 0 Å². The normalized spacial score (nSPS) is 8.00. The summed E-state index contributed by atoms with van der Waals surface area (Å²) in [6.07, 6.45) is -1.29. The van der Waals surface area contributed by atoms with Crippen molar-refractivity contribution in [3.63, 3.8) is 0 Å². The lowest BCUT2D eigenvalue weighted by molar-refractivity contribution is 0.0734. The van der Waals surface area contributed by atoms with Gasteiger partial charge in [-0.2, -0.15) is 5.15 Å². The lowest BCUT2D eigenvalue weighted by Gasteiger charge is -1.88. The minimum absolute atomic E-state index is 0.534. The highest BCUT2D eigenvalue weighted by molar-refractivity contribution is 6.03. The molecular formula is CH5NO3Si. The zero-order valence-corrected chi connectivity index (χ0v) is 5.26. The van der Waals surface area contributed by atoms with Crippen LogP contribution in [0, 0.1) is 0 Å². The summed E-state index contributed by atoms with van der Waals surface area (Å²) >= 11 is 0. The summed E-state index contributed by atoms with van der Waals surface area (Å²) in [5, 5.41) is 9.76. The molecule has 4 nitrogen and oxygen atoms in total. The van der Waals surface area contributed by atoms with Crippen molar-refractivity contribution in [1.82, 2.24) is 5.15 Å². The van der Waals surface area contributed by atoms with Crippen LogP contribution < -0.4 is 5.15 Å². The Hall–Kier alpha value is -0.553. The summed E-state index contributed by atoms with van der Waals surface area (Å²) in [4.78, 5) is 13.1. The van der Waals surface area contributed by atoms with Gasteiger partial charge in [0.1, 0.15) is 10.4 Å². The molecule has 0 saturated heterocycles. The predicted molar refractivity (Wildman–Crippen MR) is 22.2 cm³/mol. The van der Waals surface area contributed by atoms with Gasteiger partial charge in [0.2, 0.25) is 0 Å². The van der Waals surface area contributed by atoms with E-state index in [9.17, 15) is 4.79 Å². The molecule has 5 heteroatoms. The summed E-state index contributed by atoms with van der Waals surface area (Å²) in [6.45, 7) is 0. The molecule has 0 unspecified atom stereocenters. The average molecular weight is 107 g/mol.